The molecule has 33 heavy (non-hydrogen) atoms. The summed E-state index contributed by atoms with van der Waals surface area (Å²) in [4.78, 5) is 44.2. The summed E-state index contributed by atoms with van der Waals surface area (Å²) in [5.41, 5.74) is 0.813. The quantitative estimate of drug-likeness (QED) is 0.246. The minimum Gasteiger partial charge on any atom is -0.456 e. The van der Waals surface area contributed by atoms with Gasteiger partial charge in [-0.1, -0.05) is 11.8 Å². The maximum Gasteiger partial charge on any atom is 0.339 e. The van der Waals surface area contributed by atoms with E-state index in [4.69, 9.17) is 9.47 Å². The molecular formula is C21H14N4O8. The molecule has 0 atom stereocenters. The van der Waals surface area contributed by atoms with Crippen LogP contribution in [-0.4, -0.2) is 38.6 Å². The predicted octanol–water partition coefficient (Wildman–Crippen LogP) is 2.79. The van der Waals surface area contributed by atoms with Gasteiger partial charge in [-0.25, -0.2) is 9.59 Å². The van der Waals surface area contributed by atoms with Crippen molar-refractivity contribution >= 4 is 23.3 Å². The standard InChI is InChI=1S/C21H14N4O8/c26-20(14-3-7-17(8-4-14)24(28)29)32-11-1-2-16-12-22-23-19(16)13-33-21(27)15-5-9-18(10-6-15)25(30)31/h3-10,12H,11,13H2,(H,22,23). The number of hydrogen-bond acceptors (Lipinski definition) is 9. The van der Waals surface area contributed by atoms with E-state index in [0.29, 0.717) is 11.3 Å². The number of carbonyl (C=O) groups excluding carboxylic acids is 2. The molecule has 1 heterocycles. The van der Waals surface area contributed by atoms with Gasteiger partial charge in [0.1, 0.15) is 6.61 Å². The molecule has 1 N–H and O–H groups in total. The number of nitro benzene ring substituents is 2. The Hall–Kier alpha value is -5.05. The lowest BCUT2D eigenvalue weighted by Gasteiger charge is -2.03. The molecule has 0 saturated heterocycles. The summed E-state index contributed by atoms with van der Waals surface area (Å²) in [7, 11) is 0. The number of non-ortho nitro benzene ring substituents is 2. The zero-order valence-corrected chi connectivity index (χ0v) is 16.7. The Bertz CT molecular complexity index is 1250. The highest BCUT2D eigenvalue weighted by Gasteiger charge is 2.13. The molecule has 0 bridgehead atoms. The summed E-state index contributed by atoms with van der Waals surface area (Å²) in [6.45, 7) is -0.425. The topological polar surface area (TPSA) is 168 Å². The first-order chi connectivity index (χ1) is 15.8. The number of esters is 2. The molecule has 3 rings (SSSR count). The number of aromatic nitrogens is 2. The number of rotatable bonds is 7. The molecule has 0 aliphatic rings. The van der Waals surface area contributed by atoms with Crippen LogP contribution in [0.1, 0.15) is 32.0 Å². The molecule has 0 aliphatic heterocycles. The molecule has 0 aliphatic carbocycles. The van der Waals surface area contributed by atoms with E-state index in [-0.39, 0.29) is 35.7 Å². The van der Waals surface area contributed by atoms with E-state index in [1.54, 1.807) is 0 Å². The molecule has 0 unspecified atom stereocenters. The summed E-state index contributed by atoms with van der Waals surface area (Å²) < 4.78 is 10.2. The van der Waals surface area contributed by atoms with E-state index < -0.39 is 21.8 Å². The predicted molar refractivity (Wildman–Crippen MR) is 111 cm³/mol. The van der Waals surface area contributed by atoms with Crippen LogP contribution in [0.15, 0.2) is 54.7 Å². The van der Waals surface area contributed by atoms with Crippen LogP contribution in [0.2, 0.25) is 0 Å². The Morgan fingerprint density at radius 2 is 1.39 bits per heavy atom. The van der Waals surface area contributed by atoms with Crippen molar-refractivity contribution in [3.63, 3.8) is 0 Å². The summed E-state index contributed by atoms with van der Waals surface area (Å²) in [6.07, 6.45) is 1.40. The number of nitrogens with one attached hydrogen (secondary N) is 1. The van der Waals surface area contributed by atoms with Gasteiger partial charge in [-0.2, -0.15) is 5.10 Å². The van der Waals surface area contributed by atoms with Crippen LogP contribution in [0, 0.1) is 32.1 Å². The zero-order chi connectivity index (χ0) is 23.8. The Morgan fingerprint density at radius 1 is 0.879 bits per heavy atom. The van der Waals surface area contributed by atoms with Crippen LogP contribution >= 0.6 is 0 Å². The van der Waals surface area contributed by atoms with Crippen LogP contribution in [-0.2, 0) is 16.1 Å². The number of aromatic amines is 1. The van der Waals surface area contributed by atoms with E-state index in [9.17, 15) is 29.8 Å². The third kappa shape index (κ3) is 5.98. The van der Waals surface area contributed by atoms with Crippen molar-refractivity contribution in [3.05, 3.63) is 97.3 Å². The van der Waals surface area contributed by atoms with Gasteiger partial charge < -0.3 is 9.47 Å². The smallest absolute Gasteiger partial charge is 0.339 e. The summed E-state index contributed by atoms with van der Waals surface area (Å²) >= 11 is 0. The first-order valence-corrected chi connectivity index (χ1v) is 9.19. The van der Waals surface area contributed by atoms with Crippen molar-refractivity contribution < 1.29 is 28.9 Å². The van der Waals surface area contributed by atoms with Crippen molar-refractivity contribution in [1.29, 1.82) is 0 Å². The fourth-order valence-electron chi connectivity index (χ4n) is 2.51. The summed E-state index contributed by atoms with van der Waals surface area (Å²) in [5, 5.41) is 27.8. The van der Waals surface area contributed by atoms with Gasteiger partial charge in [0.15, 0.2) is 6.61 Å². The van der Waals surface area contributed by atoms with Gasteiger partial charge in [0.25, 0.3) is 11.4 Å². The largest absolute Gasteiger partial charge is 0.456 e. The van der Waals surface area contributed by atoms with Crippen LogP contribution < -0.4 is 0 Å². The third-order valence-electron chi connectivity index (χ3n) is 4.19. The zero-order valence-electron chi connectivity index (χ0n) is 16.7. The average molecular weight is 450 g/mol. The lowest BCUT2D eigenvalue weighted by atomic mass is 10.2. The fraction of sp³-hybridized carbons (Fsp3) is 0.0952. The molecular weight excluding hydrogens is 436 g/mol. The van der Waals surface area contributed by atoms with Crippen LogP contribution in [0.25, 0.3) is 0 Å². The molecule has 0 spiro atoms. The van der Waals surface area contributed by atoms with Crippen molar-refractivity contribution in [2.45, 2.75) is 6.61 Å². The van der Waals surface area contributed by atoms with E-state index in [1.807, 2.05) is 0 Å². The Kier molecular flexibility index (Phi) is 7.07. The maximum absolute atomic E-state index is 12.1. The molecule has 0 fully saturated rings. The molecule has 3 aromatic rings. The molecule has 12 heteroatoms. The van der Waals surface area contributed by atoms with Gasteiger partial charge in [-0.3, -0.25) is 25.3 Å². The minimum absolute atomic E-state index is 0.143. The van der Waals surface area contributed by atoms with Crippen LogP contribution in [0.4, 0.5) is 11.4 Å². The first-order valence-electron chi connectivity index (χ1n) is 9.19. The molecule has 0 saturated carbocycles. The first kappa shape index (κ1) is 22.6. The molecule has 0 radical (unpaired) electrons. The second kappa shape index (κ2) is 10.3. The van der Waals surface area contributed by atoms with Gasteiger partial charge in [-0.15, -0.1) is 0 Å². The second-order valence-electron chi connectivity index (χ2n) is 6.32. The minimum atomic E-state index is -0.691. The fourth-order valence-corrected chi connectivity index (χ4v) is 2.51. The van der Waals surface area contributed by atoms with Crippen molar-refractivity contribution in [3.8, 4) is 11.8 Å². The Balaban J connectivity index is 1.52. The molecule has 12 nitrogen and oxygen atoms in total. The van der Waals surface area contributed by atoms with Gasteiger partial charge in [-0.05, 0) is 24.3 Å². The Labute approximate surface area is 185 Å². The number of H-pyrrole nitrogens is 1. The molecule has 166 valence electrons. The summed E-state index contributed by atoms with van der Waals surface area (Å²) in [6, 6.07) is 9.91. The lowest BCUT2D eigenvalue weighted by molar-refractivity contribution is -0.385. The van der Waals surface area contributed by atoms with Crippen LogP contribution in [0.3, 0.4) is 0 Å². The molecule has 0 amide bonds. The van der Waals surface area contributed by atoms with Gasteiger partial charge >= 0.3 is 11.9 Å². The van der Waals surface area contributed by atoms with Gasteiger partial charge in [0.05, 0.1) is 38.4 Å². The molecule has 1 aromatic heterocycles. The molecule has 2 aromatic carbocycles. The number of carbonyl (C=O) groups is 2. The number of hydrogen-bond donors (Lipinski definition) is 1. The Morgan fingerprint density at radius 3 is 1.91 bits per heavy atom. The maximum atomic E-state index is 12.1. The average Bonchev–Trinajstić information content (AvgIpc) is 3.27. The highest BCUT2D eigenvalue weighted by molar-refractivity contribution is 5.90. The normalized spacial score (nSPS) is 9.94. The van der Waals surface area contributed by atoms with Crippen LogP contribution in [0.5, 0.6) is 0 Å². The third-order valence-corrected chi connectivity index (χ3v) is 4.19. The monoisotopic (exact) mass is 450 g/mol. The van der Waals surface area contributed by atoms with E-state index >= 15 is 0 Å². The number of benzene rings is 2. The highest BCUT2D eigenvalue weighted by Crippen LogP contribution is 2.14. The van der Waals surface area contributed by atoms with Gasteiger partial charge in [0.2, 0.25) is 0 Å². The number of ether oxygens (including phenoxy) is 2. The van der Waals surface area contributed by atoms with Crippen molar-refractivity contribution in [1.82, 2.24) is 10.2 Å². The van der Waals surface area contributed by atoms with E-state index in [2.05, 4.69) is 22.0 Å². The summed E-state index contributed by atoms with van der Waals surface area (Å²) in [5.74, 6) is 3.98. The van der Waals surface area contributed by atoms with Crippen molar-refractivity contribution in [2.75, 3.05) is 6.61 Å². The number of nitro groups is 2. The lowest BCUT2D eigenvalue weighted by Crippen LogP contribution is -2.06. The highest BCUT2D eigenvalue weighted by atomic mass is 16.6. The second-order valence-corrected chi connectivity index (χ2v) is 6.32. The van der Waals surface area contributed by atoms with E-state index in [0.717, 1.165) is 0 Å². The number of nitrogens with zero attached hydrogens (tertiary/aromatic N) is 3. The SMILES string of the molecule is O=C(OCC#Cc1cn[nH]c1COC(=O)c1ccc([N+](=O)[O-])cc1)c1ccc([N+](=O)[O-])cc1. The van der Waals surface area contributed by atoms with Crippen molar-refractivity contribution in [2.24, 2.45) is 0 Å². The van der Waals surface area contributed by atoms with Gasteiger partial charge in [0, 0.05) is 24.3 Å². The van der Waals surface area contributed by atoms with E-state index in [1.165, 1.54) is 54.7 Å².